The summed E-state index contributed by atoms with van der Waals surface area (Å²) in [6, 6.07) is 4.64. The van der Waals surface area contributed by atoms with E-state index in [1.807, 2.05) is 0 Å². The number of fused-ring (bicyclic) bond motifs is 1. The second-order valence-corrected chi connectivity index (χ2v) is 4.81. The van der Waals surface area contributed by atoms with Crippen molar-refractivity contribution in [3.05, 3.63) is 53.0 Å². The quantitative estimate of drug-likeness (QED) is 0.636. The third-order valence-corrected chi connectivity index (χ3v) is 3.55. The minimum absolute atomic E-state index is 0.00251. The molecule has 23 heavy (non-hydrogen) atoms. The second kappa shape index (κ2) is 5.57. The first kappa shape index (κ1) is 14.8. The molecule has 0 amide bonds. The number of methoxy groups -OCH3 is 2. The highest BCUT2D eigenvalue weighted by atomic mass is 16.5. The molecule has 0 spiro atoms. The molecule has 1 heterocycles. The van der Waals surface area contributed by atoms with Crippen LogP contribution in [0.2, 0.25) is 0 Å². The molecule has 0 radical (unpaired) electrons. The Morgan fingerprint density at radius 1 is 1.04 bits per heavy atom. The summed E-state index contributed by atoms with van der Waals surface area (Å²) in [7, 11) is 2.95. The van der Waals surface area contributed by atoms with Crippen LogP contribution in [0.15, 0.2) is 35.0 Å². The van der Waals surface area contributed by atoms with Crippen LogP contribution in [0.4, 0.5) is 0 Å². The van der Waals surface area contributed by atoms with E-state index < -0.39 is 17.3 Å². The van der Waals surface area contributed by atoms with Gasteiger partial charge in [0.25, 0.3) is 0 Å². The molecule has 0 unspecified atom stereocenters. The van der Waals surface area contributed by atoms with Gasteiger partial charge in [-0.25, -0.2) is 0 Å². The summed E-state index contributed by atoms with van der Waals surface area (Å²) in [4.78, 5) is 36.2. The highest BCUT2D eigenvalue weighted by Gasteiger charge is 2.30. The molecule has 1 aromatic carbocycles. The first-order valence-corrected chi connectivity index (χ1v) is 6.71. The Morgan fingerprint density at radius 2 is 1.78 bits per heavy atom. The molecule has 2 aromatic rings. The van der Waals surface area contributed by atoms with Gasteiger partial charge in [-0.15, -0.1) is 0 Å². The molecule has 0 saturated heterocycles. The molecule has 0 bridgehead atoms. The highest BCUT2D eigenvalue weighted by Crippen LogP contribution is 2.30. The Morgan fingerprint density at radius 3 is 2.48 bits per heavy atom. The predicted molar refractivity (Wildman–Crippen MR) is 80.1 cm³/mol. The topological polar surface area (TPSA) is 82.8 Å². The second-order valence-electron chi connectivity index (χ2n) is 4.81. The van der Waals surface area contributed by atoms with E-state index in [0.717, 1.165) is 6.08 Å². The van der Waals surface area contributed by atoms with Gasteiger partial charge in [-0.2, -0.15) is 0 Å². The predicted octanol–water partition coefficient (Wildman–Crippen LogP) is 2.31. The van der Waals surface area contributed by atoms with Gasteiger partial charge in [0.2, 0.25) is 11.6 Å². The van der Waals surface area contributed by atoms with E-state index in [-0.39, 0.29) is 16.9 Å². The molecule has 3 rings (SSSR count). The van der Waals surface area contributed by atoms with Gasteiger partial charge in [-0.05, 0) is 30.4 Å². The first-order valence-electron chi connectivity index (χ1n) is 6.71. The lowest BCUT2D eigenvalue weighted by atomic mass is 9.94. The van der Waals surface area contributed by atoms with Crippen molar-refractivity contribution in [3.63, 3.8) is 0 Å². The Kier molecular flexibility index (Phi) is 3.57. The molecule has 0 saturated carbocycles. The van der Waals surface area contributed by atoms with Crippen LogP contribution in [0.1, 0.15) is 32.0 Å². The van der Waals surface area contributed by atoms with Crippen LogP contribution in [0.25, 0.3) is 6.08 Å². The van der Waals surface area contributed by atoms with Gasteiger partial charge in [0.15, 0.2) is 17.3 Å². The first-order chi connectivity index (χ1) is 11.1. The van der Waals surface area contributed by atoms with Gasteiger partial charge < -0.3 is 13.9 Å². The summed E-state index contributed by atoms with van der Waals surface area (Å²) >= 11 is 0. The smallest absolute Gasteiger partial charge is 0.237 e. The standard InChI is InChI=1S/C17H12O6/c1-21-12-5-3-9(7-14(12)22-2)16(19)10-8-23-13-6-4-11(18)17(20)15(10)13/h3-8H,1-2H3. The van der Waals surface area contributed by atoms with Crippen LogP contribution in [-0.4, -0.2) is 31.6 Å². The molecular formula is C17H12O6. The third kappa shape index (κ3) is 2.34. The maximum atomic E-state index is 12.7. The zero-order chi connectivity index (χ0) is 16.6. The van der Waals surface area contributed by atoms with Gasteiger partial charge in [-0.1, -0.05) is 0 Å². The van der Waals surface area contributed by atoms with Crippen molar-refractivity contribution in [2.75, 3.05) is 14.2 Å². The van der Waals surface area contributed by atoms with E-state index in [1.165, 1.54) is 32.6 Å². The molecule has 1 aliphatic carbocycles. The minimum Gasteiger partial charge on any atom is -0.493 e. The lowest BCUT2D eigenvalue weighted by molar-refractivity contribution is -0.110. The third-order valence-electron chi connectivity index (χ3n) is 3.55. The number of rotatable bonds is 4. The minimum atomic E-state index is -0.750. The van der Waals surface area contributed by atoms with E-state index in [4.69, 9.17) is 13.9 Å². The van der Waals surface area contributed by atoms with Crippen molar-refractivity contribution < 1.29 is 28.3 Å². The molecule has 1 aliphatic rings. The molecule has 0 atom stereocenters. The van der Waals surface area contributed by atoms with Gasteiger partial charge in [0, 0.05) is 5.56 Å². The average molecular weight is 312 g/mol. The summed E-state index contributed by atoms with van der Waals surface area (Å²) in [5, 5.41) is 0. The van der Waals surface area contributed by atoms with Crippen LogP contribution in [0, 0.1) is 0 Å². The summed E-state index contributed by atoms with van der Waals surface area (Å²) in [5.74, 6) is -0.795. The fourth-order valence-corrected chi connectivity index (χ4v) is 2.38. The number of carbonyl (C=O) groups excluding carboxylic acids is 3. The van der Waals surface area contributed by atoms with Crippen molar-refractivity contribution in [2.45, 2.75) is 0 Å². The van der Waals surface area contributed by atoms with E-state index in [9.17, 15) is 14.4 Å². The normalized spacial score (nSPS) is 13.0. The summed E-state index contributed by atoms with van der Waals surface area (Å²) in [6.45, 7) is 0. The van der Waals surface area contributed by atoms with Crippen molar-refractivity contribution in [3.8, 4) is 11.5 Å². The number of allylic oxidation sites excluding steroid dienone is 1. The number of benzene rings is 1. The van der Waals surface area contributed by atoms with Gasteiger partial charge in [0.1, 0.15) is 12.0 Å². The van der Waals surface area contributed by atoms with E-state index in [1.54, 1.807) is 12.1 Å². The van der Waals surface area contributed by atoms with Crippen LogP contribution < -0.4 is 9.47 Å². The maximum absolute atomic E-state index is 12.7. The monoisotopic (exact) mass is 312 g/mol. The van der Waals surface area contributed by atoms with Gasteiger partial charge >= 0.3 is 0 Å². The number of hydrogen-bond acceptors (Lipinski definition) is 6. The number of Topliss-reactive ketones (excluding diaryl/α,β-unsaturated/α-hetero) is 1. The highest BCUT2D eigenvalue weighted by molar-refractivity contribution is 6.51. The largest absolute Gasteiger partial charge is 0.493 e. The molecule has 116 valence electrons. The summed E-state index contributed by atoms with van der Waals surface area (Å²) < 4.78 is 15.5. The lowest BCUT2D eigenvalue weighted by Crippen LogP contribution is -2.18. The van der Waals surface area contributed by atoms with E-state index in [2.05, 4.69) is 0 Å². The average Bonchev–Trinajstić information content (AvgIpc) is 3.01. The lowest BCUT2D eigenvalue weighted by Gasteiger charge is -2.09. The molecule has 6 heteroatoms. The van der Waals surface area contributed by atoms with Gasteiger partial charge in [-0.3, -0.25) is 14.4 Å². The summed E-state index contributed by atoms with van der Waals surface area (Å²) in [6.07, 6.45) is 3.69. The number of ether oxygens (including phenoxy) is 2. The molecule has 6 nitrogen and oxygen atoms in total. The van der Waals surface area contributed by atoms with E-state index >= 15 is 0 Å². The number of hydrogen-bond donors (Lipinski definition) is 0. The van der Waals surface area contributed by atoms with E-state index in [0.29, 0.717) is 17.1 Å². The Bertz CT molecular complexity index is 856. The van der Waals surface area contributed by atoms with Crippen LogP contribution in [0.3, 0.4) is 0 Å². The van der Waals surface area contributed by atoms with Crippen molar-refractivity contribution in [1.29, 1.82) is 0 Å². The number of ketones is 3. The fraction of sp³-hybridized carbons (Fsp3) is 0.118. The maximum Gasteiger partial charge on any atom is 0.237 e. The fourth-order valence-electron chi connectivity index (χ4n) is 2.38. The Labute approximate surface area is 131 Å². The molecule has 0 aliphatic heterocycles. The molecule has 0 fully saturated rings. The zero-order valence-electron chi connectivity index (χ0n) is 12.4. The van der Waals surface area contributed by atoms with Crippen LogP contribution in [-0.2, 0) is 4.79 Å². The van der Waals surface area contributed by atoms with Crippen LogP contribution in [0.5, 0.6) is 11.5 Å². The Balaban J connectivity index is 2.06. The summed E-state index contributed by atoms with van der Waals surface area (Å²) in [5.41, 5.74) is 0.341. The number of furan rings is 1. The van der Waals surface area contributed by atoms with Crippen molar-refractivity contribution in [1.82, 2.24) is 0 Å². The zero-order valence-corrected chi connectivity index (χ0v) is 12.4. The molecule has 1 aromatic heterocycles. The molecule has 0 N–H and O–H groups in total. The van der Waals surface area contributed by atoms with Gasteiger partial charge in [0.05, 0.1) is 25.3 Å². The molecular weight excluding hydrogens is 300 g/mol. The Hall–Kier alpha value is -3.15. The SMILES string of the molecule is COc1ccc(C(=O)c2coc3c2C(=O)C(=O)C=C3)cc1OC. The number of carbonyl (C=O) groups is 3. The van der Waals surface area contributed by atoms with Crippen molar-refractivity contribution in [2.24, 2.45) is 0 Å². The van der Waals surface area contributed by atoms with Crippen molar-refractivity contribution >= 4 is 23.4 Å². The van der Waals surface area contributed by atoms with Crippen LogP contribution >= 0.6 is 0 Å².